The van der Waals surface area contributed by atoms with Crippen LogP contribution in [0.2, 0.25) is 10.0 Å². The first-order valence-electron chi connectivity index (χ1n) is 6.75. The second-order valence-electron chi connectivity index (χ2n) is 4.92. The van der Waals surface area contributed by atoms with Crippen LogP contribution in [-0.2, 0) is 10.0 Å². The molecule has 0 aliphatic carbocycles. The van der Waals surface area contributed by atoms with Crippen molar-refractivity contribution in [1.82, 2.24) is 9.62 Å². The van der Waals surface area contributed by atoms with E-state index in [-0.39, 0.29) is 16.0 Å². The molecule has 0 spiro atoms. The molecule has 1 aliphatic rings. The number of nitrogens with one attached hydrogen (secondary N) is 1. The zero-order valence-electron chi connectivity index (χ0n) is 11.6. The van der Waals surface area contributed by atoms with E-state index in [1.807, 2.05) is 0 Å². The third-order valence-electron chi connectivity index (χ3n) is 3.56. The first-order valence-corrected chi connectivity index (χ1v) is 8.94. The average molecular weight is 355 g/mol. The summed E-state index contributed by atoms with van der Waals surface area (Å²) in [6.45, 7) is 3.27. The lowest BCUT2D eigenvalue weighted by molar-refractivity contribution is 0.382. The quantitative estimate of drug-likeness (QED) is 0.827. The number of likely N-dealkylation sites (N-methyl/N-ethyl adjacent to an activating group) is 1. The van der Waals surface area contributed by atoms with Gasteiger partial charge in [0.25, 0.3) is 0 Å². The zero-order chi connectivity index (χ0) is 15.6. The van der Waals surface area contributed by atoms with Gasteiger partial charge in [-0.3, -0.25) is 0 Å². The van der Waals surface area contributed by atoms with E-state index in [1.165, 1.54) is 16.4 Å². The van der Waals surface area contributed by atoms with Crippen LogP contribution < -0.4 is 5.32 Å². The first-order chi connectivity index (χ1) is 9.87. The lowest BCUT2D eigenvalue weighted by atomic mass is 10.2. The Bertz CT molecular complexity index is 619. The second-order valence-corrected chi connectivity index (χ2v) is 7.61. The molecule has 1 saturated heterocycles. The van der Waals surface area contributed by atoms with Crippen molar-refractivity contribution in [3.63, 3.8) is 0 Å². The van der Waals surface area contributed by atoms with E-state index < -0.39 is 20.9 Å². The standard InChI is InChI=1S/C13H17Cl2FN2O2S/c1-2-18(8-9-4-3-7-17-9)21(19,20)11-6-5-10(14)13(16)12(11)15/h5-6,9,17H,2-4,7-8H2,1H3. The molecule has 0 radical (unpaired) electrons. The van der Waals surface area contributed by atoms with E-state index in [2.05, 4.69) is 5.32 Å². The van der Waals surface area contributed by atoms with Gasteiger partial charge in [-0.25, -0.2) is 12.8 Å². The highest BCUT2D eigenvalue weighted by molar-refractivity contribution is 7.89. The molecular formula is C13H17Cl2FN2O2S. The van der Waals surface area contributed by atoms with Gasteiger partial charge in [0.05, 0.1) is 10.0 Å². The van der Waals surface area contributed by atoms with Crippen molar-refractivity contribution in [2.24, 2.45) is 0 Å². The molecule has 1 aromatic rings. The van der Waals surface area contributed by atoms with Gasteiger partial charge in [0.2, 0.25) is 10.0 Å². The van der Waals surface area contributed by atoms with Gasteiger partial charge in [0.1, 0.15) is 4.90 Å². The number of benzene rings is 1. The van der Waals surface area contributed by atoms with Crippen molar-refractivity contribution < 1.29 is 12.8 Å². The lowest BCUT2D eigenvalue weighted by Crippen LogP contribution is -2.41. The minimum atomic E-state index is -3.85. The molecule has 1 heterocycles. The van der Waals surface area contributed by atoms with Crippen LogP contribution in [0.15, 0.2) is 17.0 Å². The number of hydrogen-bond donors (Lipinski definition) is 1. The molecule has 1 aromatic carbocycles. The summed E-state index contributed by atoms with van der Waals surface area (Å²) in [6.07, 6.45) is 1.95. The predicted octanol–water partition coefficient (Wildman–Crippen LogP) is 2.90. The Hall–Kier alpha value is -0.400. The largest absolute Gasteiger partial charge is 0.313 e. The van der Waals surface area contributed by atoms with Crippen LogP contribution in [0, 0.1) is 5.82 Å². The van der Waals surface area contributed by atoms with Crippen LogP contribution in [0.1, 0.15) is 19.8 Å². The Morgan fingerprint density at radius 2 is 2.14 bits per heavy atom. The van der Waals surface area contributed by atoms with Crippen LogP contribution >= 0.6 is 23.2 Å². The fourth-order valence-corrected chi connectivity index (χ4v) is 4.62. The normalized spacial score (nSPS) is 19.4. The number of sulfonamides is 1. The summed E-state index contributed by atoms with van der Waals surface area (Å²) < 4.78 is 40.3. The molecule has 1 fully saturated rings. The number of hydrogen-bond acceptors (Lipinski definition) is 3. The van der Waals surface area contributed by atoms with Gasteiger partial charge in [-0.2, -0.15) is 4.31 Å². The molecule has 21 heavy (non-hydrogen) atoms. The van der Waals surface area contributed by atoms with Gasteiger partial charge >= 0.3 is 0 Å². The summed E-state index contributed by atoms with van der Waals surface area (Å²) >= 11 is 11.4. The van der Waals surface area contributed by atoms with Gasteiger partial charge in [0.15, 0.2) is 5.82 Å². The minimum absolute atomic E-state index is 0.121. The van der Waals surface area contributed by atoms with Gasteiger partial charge in [-0.15, -0.1) is 0 Å². The number of nitrogens with zero attached hydrogens (tertiary/aromatic N) is 1. The van der Waals surface area contributed by atoms with Gasteiger partial charge in [0, 0.05) is 19.1 Å². The summed E-state index contributed by atoms with van der Waals surface area (Å²) in [6, 6.07) is 2.57. The van der Waals surface area contributed by atoms with E-state index >= 15 is 0 Å². The Labute approximate surface area is 134 Å². The van der Waals surface area contributed by atoms with Crippen molar-refractivity contribution in [2.75, 3.05) is 19.6 Å². The van der Waals surface area contributed by atoms with Crippen molar-refractivity contribution in [1.29, 1.82) is 0 Å². The molecule has 4 nitrogen and oxygen atoms in total. The number of rotatable bonds is 5. The fraction of sp³-hybridized carbons (Fsp3) is 0.538. The molecule has 0 aromatic heterocycles. The Kier molecular flexibility index (Phi) is 5.48. The summed E-state index contributed by atoms with van der Waals surface area (Å²) in [5.74, 6) is -0.908. The Morgan fingerprint density at radius 3 is 2.71 bits per heavy atom. The van der Waals surface area contributed by atoms with Crippen molar-refractivity contribution in [2.45, 2.75) is 30.7 Å². The van der Waals surface area contributed by atoms with Crippen LogP contribution in [-0.4, -0.2) is 38.4 Å². The Morgan fingerprint density at radius 1 is 1.43 bits per heavy atom. The maximum atomic E-state index is 13.7. The van der Waals surface area contributed by atoms with Crippen LogP contribution in [0.4, 0.5) is 4.39 Å². The maximum absolute atomic E-state index is 13.7. The highest BCUT2D eigenvalue weighted by Gasteiger charge is 2.30. The zero-order valence-corrected chi connectivity index (χ0v) is 13.9. The second kappa shape index (κ2) is 6.79. The summed E-state index contributed by atoms with van der Waals surface area (Å²) in [7, 11) is -3.85. The van der Waals surface area contributed by atoms with E-state index in [0.717, 1.165) is 19.4 Å². The predicted molar refractivity (Wildman–Crippen MR) is 81.9 cm³/mol. The van der Waals surface area contributed by atoms with E-state index in [1.54, 1.807) is 6.92 Å². The molecule has 1 N–H and O–H groups in total. The monoisotopic (exact) mass is 354 g/mol. The molecule has 118 valence electrons. The van der Waals surface area contributed by atoms with Crippen LogP contribution in [0.5, 0.6) is 0 Å². The number of halogens is 3. The molecule has 0 saturated carbocycles. The van der Waals surface area contributed by atoms with E-state index in [4.69, 9.17) is 23.2 Å². The molecule has 0 bridgehead atoms. The van der Waals surface area contributed by atoms with Gasteiger partial charge in [-0.05, 0) is 31.5 Å². The highest BCUT2D eigenvalue weighted by Crippen LogP contribution is 2.31. The minimum Gasteiger partial charge on any atom is -0.313 e. The smallest absolute Gasteiger partial charge is 0.244 e. The molecule has 0 amide bonds. The third-order valence-corrected chi connectivity index (χ3v) is 6.31. The fourth-order valence-electron chi connectivity index (χ4n) is 2.40. The summed E-state index contributed by atoms with van der Waals surface area (Å²) in [5.41, 5.74) is 0. The Balaban J connectivity index is 2.32. The summed E-state index contributed by atoms with van der Waals surface area (Å²) in [5, 5.41) is 2.59. The van der Waals surface area contributed by atoms with Crippen molar-refractivity contribution >= 4 is 33.2 Å². The molecular weight excluding hydrogens is 338 g/mol. The van der Waals surface area contributed by atoms with Gasteiger partial charge < -0.3 is 5.32 Å². The van der Waals surface area contributed by atoms with E-state index in [0.29, 0.717) is 13.1 Å². The van der Waals surface area contributed by atoms with E-state index in [9.17, 15) is 12.8 Å². The molecule has 1 aliphatic heterocycles. The van der Waals surface area contributed by atoms with Crippen LogP contribution in [0.3, 0.4) is 0 Å². The average Bonchev–Trinajstić information content (AvgIpc) is 2.94. The SMILES string of the molecule is CCN(CC1CCCN1)S(=O)(=O)c1ccc(Cl)c(F)c1Cl. The topological polar surface area (TPSA) is 49.4 Å². The molecule has 1 atom stereocenters. The summed E-state index contributed by atoms with van der Waals surface area (Å²) in [4.78, 5) is -0.245. The van der Waals surface area contributed by atoms with Crippen molar-refractivity contribution in [3.05, 3.63) is 28.0 Å². The first kappa shape index (κ1) is 17.0. The third kappa shape index (κ3) is 3.51. The highest BCUT2D eigenvalue weighted by atomic mass is 35.5. The molecule has 2 rings (SSSR count). The van der Waals surface area contributed by atoms with Crippen molar-refractivity contribution in [3.8, 4) is 0 Å². The lowest BCUT2D eigenvalue weighted by Gasteiger charge is -2.24. The maximum Gasteiger partial charge on any atom is 0.244 e. The molecule has 8 heteroatoms. The molecule has 1 unspecified atom stereocenters. The van der Waals surface area contributed by atoms with Gasteiger partial charge in [-0.1, -0.05) is 30.1 Å². The van der Waals surface area contributed by atoms with Crippen LogP contribution in [0.25, 0.3) is 0 Å².